The molecule has 0 bridgehead atoms. The highest BCUT2D eigenvalue weighted by molar-refractivity contribution is 5.92. The highest BCUT2D eigenvalue weighted by atomic mass is 16.1. The maximum Gasteiger partial charge on any atom is 0.270 e. The summed E-state index contributed by atoms with van der Waals surface area (Å²) in [6.45, 7) is 4.66. The van der Waals surface area contributed by atoms with E-state index in [1.165, 1.54) is 11.1 Å². The fourth-order valence-electron chi connectivity index (χ4n) is 2.61. The molecule has 0 radical (unpaired) electrons. The number of nitrogens with one attached hydrogen (secondary N) is 2. The highest BCUT2D eigenvalue weighted by Gasteiger charge is 2.09. The van der Waals surface area contributed by atoms with Gasteiger partial charge in [0.2, 0.25) is 5.95 Å². The number of nitrogens with zero attached hydrogens (tertiary/aromatic N) is 2. The lowest BCUT2D eigenvalue weighted by atomic mass is 10.1. The molecule has 0 aliphatic heterocycles. The maximum atomic E-state index is 12.3. The Balaban J connectivity index is 1.63. The zero-order valence-corrected chi connectivity index (χ0v) is 15.0. The van der Waals surface area contributed by atoms with E-state index in [2.05, 4.69) is 33.6 Å². The molecular weight excluding hydrogens is 324 g/mol. The third kappa shape index (κ3) is 4.45. The standard InChI is InChI=1S/C21H22N4O/c1-15-7-6-10-18(16(15)2)24-21-23-14-12-19(25-21)20(26)22-13-11-17-8-4-3-5-9-17/h3-10,12,14H,11,13H2,1-2H3,(H,22,26)(H,23,24,25). The van der Waals surface area contributed by atoms with E-state index in [4.69, 9.17) is 0 Å². The summed E-state index contributed by atoms with van der Waals surface area (Å²) < 4.78 is 0. The molecule has 0 saturated heterocycles. The van der Waals surface area contributed by atoms with Gasteiger partial charge >= 0.3 is 0 Å². The second-order valence-corrected chi connectivity index (χ2v) is 6.13. The van der Waals surface area contributed by atoms with E-state index in [1.807, 2.05) is 49.4 Å². The number of aromatic nitrogens is 2. The fourth-order valence-corrected chi connectivity index (χ4v) is 2.61. The minimum Gasteiger partial charge on any atom is -0.350 e. The Morgan fingerprint density at radius 3 is 2.62 bits per heavy atom. The van der Waals surface area contributed by atoms with Gasteiger partial charge in [0, 0.05) is 18.4 Å². The first-order valence-corrected chi connectivity index (χ1v) is 8.62. The lowest BCUT2D eigenvalue weighted by Gasteiger charge is -2.11. The van der Waals surface area contributed by atoms with Crippen LogP contribution in [0.2, 0.25) is 0 Å². The Bertz CT molecular complexity index is 894. The van der Waals surface area contributed by atoms with Crippen molar-refractivity contribution in [2.75, 3.05) is 11.9 Å². The van der Waals surface area contributed by atoms with E-state index in [0.717, 1.165) is 17.7 Å². The van der Waals surface area contributed by atoms with Crippen LogP contribution in [0.5, 0.6) is 0 Å². The van der Waals surface area contributed by atoms with Crippen molar-refractivity contribution >= 4 is 17.5 Å². The molecule has 3 rings (SSSR count). The van der Waals surface area contributed by atoms with Gasteiger partial charge in [-0.1, -0.05) is 42.5 Å². The van der Waals surface area contributed by atoms with Crippen molar-refractivity contribution < 1.29 is 4.79 Å². The van der Waals surface area contributed by atoms with E-state index in [9.17, 15) is 4.79 Å². The van der Waals surface area contributed by atoms with E-state index < -0.39 is 0 Å². The van der Waals surface area contributed by atoms with E-state index in [1.54, 1.807) is 12.3 Å². The molecule has 1 heterocycles. The predicted octanol–water partition coefficient (Wildman–Crippen LogP) is 3.81. The van der Waals surface area contributed by atoms with Crippen molar-refractivity contribution in [2.45, 2.75) is 20.3 Å². The Kier molecular flexibility index (Phi) is 5.59. The maximum absolute atomic E-state index is 12.3. The van der Waals surface area contributed by atoms with Crippen molar-refractivity contribution in [3.05, 3.63) is 83.2 Å². The minimum atomic E-state index is -0.202. The zero-order chi connectivity index (χ0) is 18.4. The SMILES string of the molecule is Cc1cccc(Nc2nccc(C(=O)NCCc3ccccc3)n2)c1C. The third-order valence-electron chi connectivity index (χ3n) is 4.28. The number of rotatable bonds is 6. The van der Waals surface area contributed by atoms with Gasteiger partial charge in [-0.05, 0) is 49.1 Å². The van der Waals surface area contributed by atoms with Crippen LogP contribution in [-0.4, -0.2) is 22.4 Å². The first-order valence-electron chi connectivity index (χ1n) is 8.62. The van der Waals surface area contributed by atoms with Crippen LogP contribution in [-0.2, 0) is 6.42 Å². The van der Waals surface area contributed by atoms with Gasteiger partial charge < -0.3 is 10.6 Å². The number of hydrogen-bond acceptors (Lipinski definition) is 4. The molecule has 0 aliphatic rings. The van der Waals surface area contributed by atoms with Crippen LogP contribution in [0.4, 0.5) is 11.6 Å². The summed E-state index contributed by atoms with van der Waals surface area (Å²) in [7, 11) is 0. The average Bonchev–Trinajstić information content (AvgIpc) is 2.66. The molecule has 5 nitrogen and oxygen atoms in total. The molecule has 5 heteroatoms. The Hall–Kier alpha value is -3.21. The van der Waals surface area contributed by atoms with Gasteiger partial charge in [-0.25, -0.2) is 9.97 Å². The summed E-state index contributed by atoms with van der Waals surface area (Å²) >= 11 is 0. The molecule has 2 aromatic carbocycles. The summed E-state index contributed by atoms with van der Waals surface area (Å²) in [6, 6.07) is 17.7. The van der Waals surface area contributed by atoms with Crippen LogP contribution >= 0.6 is 0 Å². The minimum absolute atomic E-state index is 0.202. The number of carbonyl (C=O) groups excluding carboxylic acids is 1. The second-order valence-electron chi connectivity index (χ2n) is 6.13. The number of amides is 1. The first-order chi connectivity index (χ1) is 12.6. The zero-order valence-electron chi connectivity index (χ0n) is 15.0. The molecular formula is C21H22N4O. The van der Waals surface area contributed by atoms with Crippen LogP contribution < -0.4 is 10.6 Å². The summed E-state index contributed by atoms with van der Waals surface area (Å²) in [6.07, 6.45) is 2.37. The molecule has 0 spiro atoms. The first kappa shape index (κ1) is 17.6. The number of hydrogen-bond donors (Lipinski definition) is 2. The van der Waals surface area contributed by atoms with E-state index in [-0.39, 0.29) is 5.91 Å². The largest absolute Gasteiger partial charge is 0.350 e. The summed E-state index contributed by atoms with van der Waals surface area (Å²) in [4.78, 5) is 20.9. The van der Waals surface area contributed by atoms with Crippen molar-refractivity contribution in [3.63, 3.8) is 0 Å². The Labute approximate surface area is 153 Å². The molecule has 132 valence electrons. The fraction of sp³-hybridized carbons (Fsp3) is 0.190. The molecule has 3 aromatic rings. The van der Waals surface area contributed by atoms with Gasteiger partial charge in [0.15, 0.2) is 0 Å². The molecule has 0 unspecified atom stereocenters. The molecule has 1 aromatic heterocycles. The van der Waals surface area contributed by atoms with Crippen molar-refractivity contribution in [3.8, 4) is 0 Å². The predicted molar refractivity (Wildman–Crippen MR) is 104 cm³/mol. The lowest BCUT2D eigenvalue weighted by Crippen LogP contribution is -2.26. The molecule has 26 heavy (non-hydrogen) atoms. The van der Waals surface area contributed by atoms with Crippen LogP contribution in [0.25, 0.3) is 0 Å². The second kappa shape index (κ2) is 8.25. The Morgan fingerprint density at radius 2 is 1.81 bits per heavy atom. The molecule has 2 N–H and O–H groups in total. The van der Waals surface area contributed by atoms with Crippen LogP contribution in [0.3, 0.4) is 0 Å². The van der Waals surface area contributed by atoms with Gasteiger partial charge in [-0.3, -0.25) is 4.79 Å². The van der Waals surface area contributed by atoms with Crippen LogP contribution in [0.15, 0.2) is 60.8 Å². The topological polar surface area (TPSA) is 66.9 Å². The number of benzene rings is 2. The smallest absolute Gasteiger partial charge is 0.270 e. The van der Waals surface area contributed by atoms with Gasteiger partial charge in [-0.2, -0.15) is 0 Å². The van der Waals surface area contributed by atoms with Crippen molar-refractivity contribution in [2.24, 2.45) is 0 Å². The van der Waals surface area contributed by atoms with E-state index >= 15 is 0 Å². The average molecular weight is 346 g/mol. The summed E-state index contributed by atoms with van der Waals surface area (Å²) in [5.74, 6) is 0.210. The normalized spacial score (nSPS) is 10.4. The van der Waals surface area contributed by atoms with Gasteiger partial charge in [0.25, 0.3) is 5.91 Å². The van der Waals surface area contributed by atoms with Crippen LogP contribution in [0, 0.1) is 13.8 Å². The van der Waals surface area contributed by atoms with Gasteiger partial charge in [0.05, 0.1) is 0 Å². The van der Waals surface area contributed by atoms with Crippen molar-refractivity contribution in [1.82, 2.24) is 15.3 Å². The van der Waals surface area contributed by atoms with Gasteiger partial charge in [0.1, 0.15) is 5.69 Å². The highest BCUT2D eigenvalue weighted by Crippen LogP contribution is 2.20. The molecule has 0 fully saturated rings. The summed E-state index contributed by atoms with van der Waals surface area (Å²) in [5.41, 5.74) is 4.79. The van der Waals surface area contributed by atoms with Crippen LogP contribution in [0.1, 0.15) is 27.2 Å². The lowest BCUT2D eigenvalue weighted by molar-refractivity contribution is 0.0949. The molecule has 0 aliphatic carbocycles. The number of anilines is 2. The molecule has 0 saturated carbocycles. The number of carbonyl (C=O) groups is 1. The van der Waals surface area contributed by atoms with Crippen molar-refractivity contribution in [1.29, 1.82) is 0 Å². The number of aryl methyl sites for hydroxylation is 1. The summed E-state index contributed by atoms with van der Waals surface area (Å²) in [5, 5.41) is 6.09. The monoisotopic (exact) mass is 346 g/mol. The van der Waals surface area contributed by atoms with Gasteiger partial charge in [-0.15, -0.1) is 0 Å². The quantitative estimate of drug-likeness (QED) is 0.712. The molecule has 0 atom stereocenters. The van der Waals surface area contributed by atoms with E-state index in [0.29, 0.717) is 18.2 Å². The molecule has 1 amide bonds. The Morgan fingerprint density at radius 1 is 1.00 bits per heavy atom. The third-order valence-corrected chi connectivity index (χ3v) is 4.28.